The molecule has 0 saturated carbocycles. The Morgan fingerprint density at radius 1 is 0.821 bits per heavy atom. The van der Waals surface area contributed by atoms with Gasteiger partial charge in [0, 0.05) is 11.3 Å². The number of carbonyl (C=O) groups excluding carboxylic acids is 1. The second-order valence-corrected chi connectivity index (χ2v) is 8.87. The highest BCUT2D eigenvalue weighted by molar-refractivity contribution is 5.97. The first kappa shape index (κ1) is 29.2. The van der Waals surface area contributed by atoms with Crippen LogP contribution in [0.3, 0.4) is 0 Å². The average molecular weight is 536 g/mol. The Hall–Kier alpha value is -4.37. The molecule has 0 aliphatic heterocycles. The van der Waals surface area contributed by atoms with Crippen molar-refractivity contribution in [3.05, 3.63) is 89.5 Å². The van der Waals surface area contributed by atoms with Crippen LogP contribution in [-0.2, 0) is 20.9 Å². The minimum absolute atomic E-state index is 0.0364. The molecule has 0 aromatic heterocycles. The summed E-state index contributed by atoms with van der Waals surface area (Å²) in [5.74, 6) is -1.43. The van der Waals surface area contributed by atoms with Crippen molar-refractivity contribution in [2.75, 3.05) is 25.1 Å². The molecule has 1 unspecified atom stereocenters. The molecule has 39 heavy (non-hydrogen) atoms. The van der Waals surface area contributed by atoms with E-state index in [0.29, 0.717) is 30.2 Å². The van der Waals surface area contributed by atoms with Crippen molar-refractivity contribution in [3.8, 4) is 11.5 Å². The fraction of sp³-hybridized carbons (Fsp3) is 0.300. The van der Waals surface area contributed by atoms with Gasteiger partial charge in [-0.15, -0.1) is 0 Å². The lowest BCUT2D eigenvalue weighted by molar-refractivity contribution is -0.138. The molecule has 0 aliphatic carbocycles. The van der Waals surface area contributed by atoms with Gasteiger partial charge in [0.2, 0.25) is 5.91 Å². The standard InChI is InChI=1S/C30H33NO8/c1-21(22-8-7-11-26(19-22)39-16-6-5-15-38-25-9-3-2-4-10-25)29(34)31-27-13-12-23(30(35)36)18-24(27)20-37-17-14-28(32)33/h2-4,7-13,18-19,21H,5-6,14-17,20H2,1H3,(H,31,34)(H,32,33)(H,35,36). The van der Waals surface area contributed by atoms with Gasteiger partial charge in [0.05, 0.1) is 44.3 Å². The number of para-hydroxylation sites is 1. The Bertz CT molecular complexity index is 1240. The lowest BCUT2D eigenvalue weighted by atomic mass is 9.99. The van der Waals surface area contributed by atoms with E-state index in [1.807, 2.05) is 54.6 Å². The zero-order valence-corrected chi connectivity index (χ0v) is 21.8. The van der Waals surface area contributed by atoms with Gasteiger partial charge in [-0.2, -0.15) is 0 Å². The van der Waals surface area contributed by atoms with Crippen molar-refractivity contribution < 1.29 is 38.8 Å². The predicted octanol–water partition coefficient (Wildman–Crippen LogP) is 5.36. The molecular formula is C30H33NO8. The van der Waals surface area contributed by atoms with E-state index in [1.165, 1.54) is 18.2 Å². The topological polar surface area (TPSA) is 131 Å². The number of carbonyl (C=O) groups is 3. The number of rotatable bonds is 16. The summed E-state index contributed by atoms with van der Waals surface area (Å²) in [7, 11) is 0. The summed E-state index contributed by atoms with van der Waals surface area (Å²) in [5.41, 5.74) is 1.64. The molecule has 0 aliphatic rings. The maximum Gasteiger partial charge on any atom is 0.335 e. The van der Waals surface area contributed by atoms with Gasteiger partial charge >= 0.3 is 11.9 Å². The largest absolute Gasteiger partial charge is 0.494 e. The van der Waals surface area contributed by atoms with Crippen LogP contribution in [0, 0.1) is 0 Å². The zero-order valence-electron chi connectivity index (χ0n) is 21.8. The van der Waals surface area contributed by atoms with E-state index < -0.39 is 17.9 Å². The molecule has 0 fully saturated rings. The first-order chi connectivity index (χ1) is 18.8. The number of unbranched alkanes of at least 4 members (excludes halogenated alkanes) is 1. The van der Waals surface area contributed by atoms with Crippen molar-refractivity contribution >= 4 is 23.5 Å². The van der Waals surface area contributed by atoms with E-state index in [0.717, 1.165) is 24.2 Å². The summed E-state index contributed by atoms with van der Waals surface area (Å²) < 4.78 is 16.9. The van der Waals surface area contributed by atoms with Crippen molar-refractivity contribution in [2.45, 2.75) is 38.7 Å². The summed E-state index contributed by atoms with van der Waals surface area (Å²) in [4.78, 5) is 35.2. The van der Waals surface area contributed by atoms with Gasteiger partial charge in [-0.25, -0.2) is 4.79 Å². The number of amides is 1. The van der Waals surface area contributed by atoms with E-state index >= 15 is 0 Å². The smallest absolute Gasteiger partial charge is 0.335 e. The van der Waals surface area contributed by atoms with Crippen LogP contribution in [0.25, 0.3) is 0 Å². The van der Waals surface area contributed by atoms with Crippen LogP contribution in [0.15, 0.2) is 72.8 Å². The molecule has 3 N–H and O–H groups in total. The van der Waals surface area contributed by atoms with Crippen LogP contribution in [0.2, 0.25) is 0 Å². The number of nitrogens with one attached hydrogen (secondary N) is 1. The van der Waals surface area contributed by atoms with E-state index in [1.54, 1.807) is 6.92 Å². The quantitative estimate of drug-likeness (QED) is 0.209. The van der Waals surface area contributed by atoms with E-state index in [4.69, 9.17) is 19.3 Å². The first-order valence-corrected chi connectivity index (χ1v) is 12.7. The second kappa shape index (κ2) is 15.1. The molecule has 9 nitrogen and oxygen atoms in total. The summed E-state index contributed by atoms with van der Waals surface area (Å²) in [5, 5.41) is 20.9. The molecule has 0 bridgehead atoms. The van der Waals surface area contributed by atoms with Gasteiger partial charge in [0.1, 0.15) is 11.5 Å². The molecule has 1 atom stereocenters. The van der Waals surface area contributed by atoms with Gasteiger partial charge in [0.15, 0.2) is 0 Å². The number of carboxylic acid groups (broad SMARTS) is 2. The average Bonchev–Trinajstić information content (AvgIpc) is 2.93. The van der Waals surface area contributed by atoms with Gasteiger partial charge in [-0.3, -0.25) is 9.59 Å². The zero-order chi connectivity index (χ0) is 28.0. The molecule has 206 valence electrons. The normalized spacial score (nSPS) is 11.4. The van der Waals surface area contributed by atoms with Crippen molar-refractivity contribution in [1.29, 1.82) is 0 Å². The monoisotopic (exact) mass is 535 g/mol. The summed E-state index contributed by atoms with van der Waals surface area (Å²) in [6.45, 7) is 2.80. The van der Waals surface area contributed by atoms with Crippen LogP contribution >= 0.6 is 0 Å². The number of hydrogen-bond acceptors (Lipinski definition) is 6. The molecule has 3 aromatic rings. The second-order valence-electron chi connectivity index (χ2n) is 8.87. The molecule has 0 heterocycles. The number of ether oxygens (including phenoxy) is 3. The maximum absolute atomic E-state index is 13.1. The molecule has 0 saturated heterocycles. The van der Waals surface area contributed by atoms with Crippen LogP contribution < -0.4 is 14.8 Å². The summed E-state index contributed by atoms with van der Waals surface area (Å²) in [6.07, 6.45) is 1.48. The summed E-state index contributed by atoms with van der Waals surface area (Å²) in [6, 6.07) is 21.3. The Kier molecular flexibility index (Phi) is 11.3. The number of aliphatic carboxylic acids is 1. The van der Waals surface area contributed by atoms with Gasteiger partial charge in [-0.1, -0.05) is 30.3 Å². The van der Waals surface area contributed by atoms with E-state index in [2.05, 4.69) is 5.32 Å². The van der Waals surface area contributed by atoms with Crippen LogP contribution in [0.5, 0.6) is 11.5 Å². The third-order valence-electron chi connectivity index (χ3n) is 5.90. The SMILES string of the molecule is CC(C(=O)Nc1ccc(C(=O)O)cc1COCCC(=O)O)c1cccc(OCCCCOc2ccccc2)c1. The van der Waals surface area contributed by atoms with Gasteiger partial charge in [-0.05, 0) is 67.8 Å². The Labute approximate surface area is 227 Å². The minimum atomic E-state index is -1.12. The van der Waals surface area contributed by atoms with Crippen LogP contribution in [-0.4, -0.2) is 47.9 Å². The van der Waals surface area contributed by atoms with Crippen molar-refractivity contribution in [1.82, 2.24) is 0 Å². The third kappa shape index (κ3) is 9.79. The Morgan fingerprint density at radius 2 is 1.51 bits per heavy atom. The molecule has 3 rings (SSSR count). The van der Waals surface area contributed by atoms with Crippen LogP contribution in [0.4, 0.5) is 5.69 Å². The Balaban J connectivity index is 1.53. The molecule has 0 spiro atoms. The van der Waals surface area contributed by atoms with Crippen LogP contribution in [0.1, 0.15) is 53.6 Å². The summed E-state index contributed by atoms with van der Waals surface area (Å²) >= 11 is 0. The van der Waals surface area contributed by atoms with Gasteiger partial charge < -0.3 is 29.7 Å². The molecule has 1 amide bonds. The highest BCUT2D eigenvalue weighted by Crippen LogP contribution is 2.25. The fourth-order valence-corrected chi connectivity index (χ4v) is 3.68. The fourth-order valence-electron chi connectivity index (χ4n) is 3.68. The number of hydrogen-bond donors (Lipinski definition) is 3. The third-order valence-corrected chi connectivity index (χ3v) is 5.90. The lowest BCUT2D eigenvalue weighted by Gasteiger charge is -2.17. The maximum atomic E-state index is 13.1. The van der Waals surface area contributed by atoms with Crippen molar-refractivity contribution in [2.24, 2.45) is 0 Å². The number of carboxylic acids is 2. The molecule has 3 aromatic carbocycles. The minimum Gasteiger partial charge on any atom is -0.494 e. The molecule has 0 radical (unpaired) electrons. The molecular weight excluding hydrogens is 502 g/mol. The highest BCUT2D eigenvalue weighted by atomic mass is 16.5. The predicted molar refractivity (Wildman–Crippen MR) is 145 cm³/mol. The number of anilines is 1. The number of aromatic carboxylic acids is 1. The van der Waals surface area contributed by atoms with E-state index in [-0.39, 0.29) is 31.1 Å². The molecule has 9 heteroatoms. The van der Waals surface area contributed by atoms with Gasteiger partial charge in [0.25, 0.3) is 0 Å². The van der Waals surface area contributed by atoms with Crippen molar-refractivity contribution in [3.63, 3.8) is 0 Å². The lowest BCUT2D eigenvalue weighted by Crippen LogP contribution is -2.20. The first-order valence-electron chi connectivity index (χ1n) is 12.7. The highest BCUT2D eigenvalue weighted by Gasteiger charge is 2.18. The number of benzene rings is 3. The Morgan fingerprint density at radius 3 is 2.21 bits per heavy atom. The van der Waals surface area contributed by atoms with E-state index in [9.17, 15) is 19.5 Å².